The summed E-state index contributed by atoms with van der Waals surface area (Å²) >= 11 is 0. The largest absolute Gasteiger partial charge is 0.369 e. The first-order chi connectivity index (χ1) is 10.3. The van der Waals surface area contributed by atoms with Gasteiger partial charge in [0.05, 0.1) is 6.20 Å². The van der Waals surface area contributed by atoms with Crippen molar-refractivity contribution in [2.24, 2.45) is 0 Å². The first kappa shape index (κ1) is 13.7. The van der Waals surface area contributed by atoms with Gasteiger partial charge in [-0.05, 0) is 19.8 Å². The molecule has 21 heavy (non-hydrogen) atoms. The molecule has 0 aliphatic heterocycles. The highest BCUT2D eigenvalue weighted by Gasteiger charge is 2.22. The molecule has 0 aromatic carbocycles. The zero-order valence-electron chi connectivity index (χ0n) is 12.1. The lowest BCUT2D eigenvalue weighted by Gasteiger charge is -2.10. The highest BCUT2D eigenvalue weighted by Crippen LogP contribution is 2.19. The third-order valence-electron chi connectivity index (χ3n) is 3.32. The number of amides is 1. The van der Waals surface area contributed by atoms with Crippen LogP contribution in [0.4, 0.5) is 11.6 Å². The van der Waals surface area contributed by atoms with Crippen LogP contribution in [0, 0.1) is 0 Å². The zero-order valence-corrected chi connectivity index (χ0v) is 12.1. The molecular weight excluding hydrogens is 268 g/mol. The Morgan fingerprint density at radius 1 is 1.43 bits per heavy atom. The molecule has 112 valence electrons. The minimum Gasteiger partial charge on any atom is -0.369 e. The second kappa shape index (κ2) is 5.99. The van der Waals surface area contributed by atoms with Gasteiger partial charge >= 0.3 is 0 Å². The van der Waals surface area contributed by atoms with Crippen LogP contribution in [-0.2, 0) is 4.79 Å². The second-order valence-corrected chi connectivity index (χ2v) is 5.18. The second-order valence-electron chi connectivity index (χ2n) is 5.18. The molecule has 0 saturated heterocycles. The molecule has 2 heterocycles. The monoisotopic (exact) mass is 288 g/mol. The first-order valence-electron chi connectivity index (χ1n) is 7.37. The van der Waals surface area contributed by atoms with Gasteiger partial charge < -0.3 is 20.4 Å². The maximum Gasteiger partial charge on any atom is 0.221 e. The van der Waals surface area contributed by atoms with E-state index in [1.807, 2.05) is 23.7 Å². The number of anilines is 2. The number of fused-ring (bicyclic) bond motifs is 1. The molecule has 0 spiro atoms. The Kier molecular flexibility index (Phi) is 3.89. The predicted molar refractivity (Wildman–Crippen MR) is 81.4 cm³/mol. The van der Waals surface area contributed by atoms with E-state index >= 15 is 0 Å². The summed E-state index contributed by atoms with van der Waals surface area (Å²) in [6.07, 6.45) is 8.17. The highest BCUT2D eigenvalue weighted by atomic mass is 16.1. The van der Waals surface area contributed by atoms with Crippen LogP contribution in [0.5, 0.6) is 0 Å². The molecule has 7 nitrogen and oxygen atoms in total. The molecule has 3 rings (SSSR count). The van der Waals surface area contributed by atoms with E-state index in [4.69, 9.17) is 0 Å². The van der Waals surface area contributed by atoms with E-state index in [1.165, 1.54) is 0 Å². The molecule has 0 unspecified atom stereocenters. The lowest BCUT2D eigenvalue weighted by Crippen LogP contribution is -2.27. The van der Waals surface area contributed by atoms with Crippen molar-refractivity contribution in [1.29, 1.82) is 0 Å². The fourth-order valence-corrected chi connectivity index (χ4v) is 2.14. The number of carbonyl (C=O) groups is 1. The van der Waals surface area contributed by atoms with E-state index in [-0.39, 0.29) is 5.91 Å². The first-order valence-corrected chi connectivity index (χ1v) is 7.37. The minimum atomic E-state index is 0.0900. The topological polar surface area (TPSA) is 83.3 Å². The smallest absolute Gasteiger partial charge is 0.221 e. The van der Waals surface area contributed by atoms with Gasteiger partial charge in [-0.25, -0.2) is 9.97 Å². The molecule has 2 aromatic heterocycles. The molecule has 1 aliphatic rings. The summed E-state index contributed by atoms with van der Waals surface area (Å²) in [5.41, 5.74) is 0.763. The van der Waals surface area contributed by atoms with E-state index in [2.05, 4.69) is 25.9 Å². The van der Waals surface area contributed by atoms with Gasteiger partial charge in [-0.2, -0.15) is 0 Å². The molecule has 0 radical (unpaired) electrons. The molecule has 0 bridgehead atoms. The van der Waals surface area contributed by atoms with Crippen molar-refractivity contribution in [2.45, 2.75) is 32.2 Å². The normalized spacial score (nSPS) is 14.1. The fraction of sp³-hybridized carbons (Fsp3) is 0.500. The summed E-state index contributed by atoms with van der Waals surface area (Å²) in [5.74, 6) is 1.57. The van der Waals surface area contributed by atoms with Gasteiger partial charge in [0.2, 0.25) is 5.91 Å². The lowest BCUT2D eigenvalue weighted by molar-refractivity contribution is -0.120. The highest BCUT2D eigenvalue weighted by molar-refractivity contribution is 5.77. The third-order valence-corrected chi connectivity index (χ3v) is 3.32. The number of rotatable bonds is 7. The van der Waals surface area contributed by atoms with Crippen molar-refractivity contribution >= 4 is 23.2 Å². The maximum absolute atomic E-state index is 11.7. The van der Waals surface area contributed by atoms with Crippen LogP contribution < -0.4 is 16.0 Å². The molecule has 7 heteroatoms. The van der Waals surface area contributed by atoms with Crippen molar-refractivity contribution < 1.29 is 4.79 Å². The number of imidazole rings is 1. The molecule has 1 fully saturated rings. The average Bonchev–Trinajstić information content (AvgIpc) is 3.13. The SMILES string of the molecule is CCNc1cn2ccnc2c(NCCC(=O)NC2CC2)n1. The number of aromatic nitrogens is 3. The van der Waals surface area contributed by atoms with E-state index in [0.717, 1.165) is 30.9 Å². The number of nitrogens with zero attached hydrogens (tertiary/aromatic N) is 3. The van der Waals surface area contributed by atoms with Crippen LogP contribution in [-0.4, -0.2) is 39.4 Å². The third kappa shape index (κ3) is 3.42. The van der Waals surface area contributed by atoms with E-state index in [0.29, 0.717) is 24.8 Å². The number of hydrogen-bond acceptors (Lipinski definition) is 5. The maximum atomic E-state index is 11.7. The Balaban J connectivity index is 1.64. The van der Waals surface area contributed by atoms with Gasteiger partial charge in [0, 0.05) is 37.9 Å². The van der Waals surface area contributed by atoms with E-state index in [1.54, 1.807) is 6.20 Å². The van der Waals surface area contributed by atoms with Gasteiger partial charge in [0.1, 0.15) is 5.82 Å². The van der Waals surface area contributed by atoms with E-state index < -0.39 is 0 Å². The van der Waals surface area contributed by atoms with Crippen LogP contribution >= 0.6 is 0 Å². The van der Waals surface area contributed by atoms with Crippen LogP contribution in [0.15, 0.2) is 18.6 Å². The van der Waals surface area contributed by atoms with E-state index in [9.17, 15) is 4.79 Å². The summed E-state index contributed by atoms with van der Waals surface area (Å²) in [6.45, 7) is 3.37. The standard InChI is InChI=1S/C14H20N6O/c1-2-15-11-9-20-8-7-17-14(20)13(19-11)16-6-5-12(21)18-10-3-4-10/h7-10,15H,2-6H2,1H3,(H,16,19)(H,18,21). The molecule has 2 aromatic rings. The van der Waals surface area contributed by atoms with Crippen LogP contribution in [0.25, 0.3) is 5.65 Å². The zero-order chi connectivity index (χ0) is 14.7. The van der Waals surface area contributed by atoms with Gasteiger partial charge in [-0.15, -0.1) is 0 Å². The Morgan fingerprint density at radius 2 is 2.29 bits per heavy atom. The number of hydrogen-bond donors (Lipinski definition) is 3. The van der Waals surface area contributed by atoms with Crippen LogP contribution in [0.1, 0.15) is 26.2 Å². The quantitative estimate of drug-likeness (QED) is 0.714. The van der Waals surface area contributed by atoms with Gasteiger partial charge in [-0.3, -0.25) is 4.79 Å². The fourth-order valence-electron chi connectivity index (χ4n) is 2.14. The van der Waals surface area contributed by atoms with Gasteiger partial charge in [0.15, 0.2) is 11.5 Å². The summed E-state index contributed by atoms with van der Waals surface area (Å²) < 4.78 is 1.91. The Labute approximate surface area is 123 Å². The number of carbonyl (C=O) groups excluding carboxylic acids is 1. The molecular formula is C14H20N6O. The van der Waals surface area contributed by atoms with Crippen molar-refractivity contribution in [3.8, 4) is 0 Å². The molecule has 1 aliphatic carbocycles. The van der Waals surface area contributed by atoms with Crippen molar-refractivity contribution in [1.82, 2.24) is 19.7 Å². The Bertz CT molecular complexity index is 633. The number of nitrogens with one attached hydrogen (secondary N) is 3. The summed E-state index contributed by atoms with van der Waals surface area (Å²) in [7, 11) is 0. The van der Waals surface area contributed by atoms with Crippen molar-refractivity contribution in [3.05, 3.63) is 18.6 Å². The van der Waals surface area contributed by atoms with Crippen molar-refractivity contribution in [2.75, 3.05) is 23.7 Å². The molecule has 1 saturated carbocycles. The Morgan fingerprint density at radius 3 is 3.05 bits per heavy atom. The lowest BCUT2D eigenvalue weighted by atomic mass is 10.4. The van der Waals surface area contributed by atoms with Crippen LogP contribution in [0.3, 0.4) is 0 Å². The molecule has 3 N–H and O–H groups in total. The summed E-state index contributed by atoms with van der Waals surface area (Å²) in [5, 5.41) is 9.36. The van der Waals surface area contributed by atoms with Gasteiger partial charge in [-0.1, -0.05) is 0 Å². The minimum absolute atomic E-state index is 0.0900. The predicted octanol–water partition coefficient (Wildman–Crippen LogP) is 1.24. The average molecular weight is 288 g/mol. The van der Waals surface area contributed by atoms with Crippen molar-refractivity contribution in [3.63, 3.8) is 0 Å². The summed E-state index contributed by atoms with van der Waals surface area (Å²) in [6, 6.07) is 0.409. The Hall–Kier alpha value is -2.31. The molecule has 0 atom stereocenters. The van der Waals surface area contributed by atoms with Crippen LogP contribution in [0.2, 0.25) is 0 Å². The molecule has 1 amide bonds. The summed E-state index contributed by atoms with van der Waals surface area (Å²) in [4.78, 5) is 20.4. The van der Waals surface area contributed by atoms with Gasteiger partial charge in [0.25, 0.3) is 0 Å².